The van der Waals surface area contributed by atoms with E-state index in [2.05, 4.69) is 31.3 Å². The fourth-order valence-corrected chi connectivity index (χ4v) is 8.32. The molecule has 9 unspecified atom stereocenters. The third-order valence-corrected chi connectivity index (χ3v) is 12.6. The van der Waals surface area contributed by atoms with Gasteiger partial charge >= 0.3 is 0 Å². The first kappa shape index (κ1) is 57.9. The number of unbranched alkanes of at least 4 members (excludes halogenated alkanes) is 29. The summed E-state index contributed by atoms with van der Waals surface area (Å²) in [7, 11) is 0. The molecule has 11 nitrogen and oxygen atoms in total. The number of aliphatic hydroxyl groups excluding tert-OH is 7. The Bertz CT molecular complexity index is 1000. The molecular formula is C50H97NO10. The SMILES string of the molecule is CCCCCC/C=C\CCCCCCCCC(O)C(=O)NC(COC1OC(CO)C(O)C(O)C1O)C(O)C(O)CCCCCCCCCCCCCCCCCCCCCC. The zero-order valence-electron chi connectivity index (χ0n) is 39.2. The number of rotatable bonds is 43. The summed E-state index contributed by atoms with van der Waals surface area (Å²) in [6.45, 7) is 3.44. The van der Waals surface area contributed by atoms with Crippen LogP contribution in [-0.4, -0.2) is 110 Å². The topological polar surface area (TPSA) is 189 Å². The number of allylic oxidation sites excluding steroid dienone is 2. The van der Waals surface area contributed by atoms with Crippen molar-refractivity contribution in [3.63, 3.8) is 0 Å². The fourth-order valence-electron chi connectivity index (χ4n) is 8.32. The van der Waals surface area contributed by atoms with Gasteiger partial charge in [-0.2, -0.15) is 0 Å². The van der Waals surface area contributed by atoms with Gasteiger partial charge in [0.05, 0.1) is 25.4 Å². The lowest BCUT2D eigenvalue weighted by molar-refractivity contribution is -0.303. The summed E-state index contributed by atoms with van der Waals surface area (Å²) in [4.78, 5) is 13.1. The molecule has 1 heterocycles. The minimum atomic E-state index is -1.66. The average Bonchev–Trinajstić information content (AvgIpc) is 3.26. The first-order chi connectivity index (χ1) is 29.7. The van der Waals surface area contributed by atoms with E-state index in [0.29, 0.717) is 19.3 Å². The van der Waals surface area contributed by atoms with Crippen LogP contribution in [0.15, 0.2) is 12.2 Å². The van der Waals surface area contributed by atoms with Crippen LogP contribution >= 0.6 is 0 Å². The maximum Gasteiger partial charge on any atom is 0.249 e. The summed E-state index contributed by atoms with van der Waals surface area (Å²) in [5, 5.41) is 75.9. The van der Waals surface area contributed by atoms with Gasteiger partial charge in [-0.1, -0.05) is 206 Å². The van der Waals surface area contributed by atoms with Gasteiger partial charge in [0.1, 0.15) is 36.6 Å². The molecule has 61 heavy (non-hydrogen) atoms. The van der Waals surface area contributed by atoms with Crippen molar-refractivity contribution in [3.8, 4) is 0 Å². The van der Waals surface area contributed by atoms with Crippen molar-refractivity contribution in [2.75, 3.05) is 13.2 Å². The number of nitrogens with one attached hydrogen (secondary N) is 1. The second kappa shape index (κ2) is 40.4. The zero-order chi connectivity index (χ0) is 44.8. The number of hydrogen-bond donors (Lipinski definition) is 8. The van der Waals surface area contributed by atoms with E-state index in [1.807, 2.05) is 0 Å². The van der Waals surface area contributed by atoms with Crippen LogP contribution in [0, 0.1) is 0 Å². The van der Waals surface area contributed by atoms with Crippen molar-refractivity contribution >= 4 is 5.91 Å². The van der Waals surface area contributed by atoms with Crippen molar-refractivity contribution < 1.29 is 50.0 Å². The number of amides is 1. The fraction of sp³-hybridized carbons (Fsp3) is 0.940. The summed E-state index contributed by atoms with van der Waals surface area (Å²) in [5.74, 6) is -0.700. The molecule has 1 aliphatic heterocycles. The van der Waals surface area contributed by atoms with Crippen LogP contribution in [0.4, 0.5) is 0 Å². The Morgan fingerprint density at radius 1 is 0.557 bits per heavy atom. The highest BCUT2D eigenvalue weighted by Gasteiger charge is 2.44. The average molecular weight is 872 g/mol. The Morgan fingerprint density at radius 3 is 1.39 bits per heavy atom. The molecule has 1 amide bonds. The minimum Gasteiger partial charge on any atom is -0.394 e. The molecule has 0 aromatic carbocycles. The number of aliphatic hydroxyl groups is 7. The van der Waals surface area contributed by atoms with E-state index < -0.39 is 74.2 Å². The van der Waals surface area contributed by atoms with Crippen molar-refractivity contribution in [1.29, 1.82) is 0 Å². The van der Waals surface area contributed by atoms with Crippen LogP contribution in [0.3, 0.4) is 0 Å². The number of carbonyl (C=O) groups excluding carboxylic acids is 1. The lowest BCUT2D eigenvalue weighted by Crippen LogP contribution is -2.60. The maximum absolute atomic E-state index is 13.1. The molecule has 1 aliphatic rings. The third kappa shape index (κ3) is 29.8. The third-order valence-electron chi connectivity index (χ3n) is 12.6. The summed E-state index contributed by atoms with van der Waals surface area (Å²) >= 11 is 0. The molecule has 362 valence electrons. The largest absolute Gasteiger partial charge is 0.394 e. The summed E-state index contributed by atoms with van der Waals surface area (Å²) < 4.78 is 11.1. The second-order valence-electron chi connectivity index (χ2n) is 18.2. The van der Waals surface area contributed by atoms with E-state index >= 15 is 0 Å². The van der Waals surface area contributed by atoms with Gasteiger partial charge in [0.25, 0.3) is 0 Å². The van der Waals surface area contributed by atoms with Crippen LogP contribution < -0.4 is 5.32 Å². The first-order valence-electron chi connectivity index (χ1n) is 25.6. The normalized spacial score (nSPS) is 21.5. The Balaban J connectivity index is 2.38. The summed E-state index contributed by atoms with van der Waals surface area (Å²) in [6.07, 6.45) is 32.5. The van der Waals surface area contributed by atoms with Gasteiger partial charge in [-0.3, -0.25) is 4.79 Å². The molecule has 0 saturated carbocycles. The van der Waals surface area contributed by atoms with Crippen molar-refractivity contribution in [2.24, 2.45) is 0 Å². The standard InChI is InChI=1S/C50H97NO10/c1-3-5-7-9-11-13-15-17-19-20-21-22-23-24-26-27-29-31-33-35-37-42(53)45(55)41(40-60-50-48(58)47(57)46(56)44(39-52)61-50)51-49(59)43(54)38-36-34-32-30-28-25-18-16-14-12-10-8-6-4-2/h14,16,41-48,50,52-58H,3-13,15,17-40H2,1-2H3,(H,51,59)/b16-14-. The van der Waals surface area contributed by atoms with Gasteiger partial charge in [-0.15, -0.1) is 0 Å². The Kier molecular flexibility index (Phi) is 38.3. The Morgan fingerprint density at radius 2 is 0.951 bits per heavy atom. The molecular weight excluding hydrogens is 775 g/mol. The zero-order valence-corrected chi connectivity index (χ0v) is 39.2. The molecule has 8 N–H and O–H groups in total. The predicted molar refractivity (Wildman–Crippen MR) is 247 cm³/mol. The van der Waals surface area contributed by atoms with Crippen molar-refractivity contribution in [3.05, 3.63) is 12.2 Å². The molecule has 1 rings (SSSR count). The predicted octanol–water partition coefficient (Wildman–Crippen LogP) is 9.23. The monoisotopic (exact) mass is 872 g/mol. The van der Waals surface area contributed by atoms with Gasteiger partial charge in [-0.05, 0) is 38.5 Å². The molecule has 1 fully saturated rings. The van der Waals surface area contributed by atoms with E-state index in [4.69, 9.17) is 9.47 Å². The molecule has 1 saturated heterocycles. The van der Waals surface area contributed by atoms with E-state index in [0.717, 1.165) is 57.8 Å². The number of carbonyl (C=O) groups is 1. The minimum absolute atomic E-state index is 0.255. The quantitative estimate of drug-likeness (QED) is 0.0217. The highest BCUT2D eigenvalue weighted by Crippen LogP contribution is 2.23. The maximum atomic E-state index is 13.1. The molecule has 9 atom stereocenters. The van der Waals surface area contributed by atoms with E-state index in [9.17, 15) is 40.5 Å². The van der Waals surface area contributed by atoms with Crippen LogP contribution in [0.5, 0.6) is 0 Å². The van der Waals surface area contributed by atoms with Gasteiger partial charge < -0.3 is 50.5 Å². The van der Waals surface area contributed by atoms with Gasteiger partial charge in [0.2, 0.25) is 5.91 Å². The lowest BCUT2D eigenvalue weighted by Gasteiger charge is -2.40. The number of ether oxygens (including phenoxy) is 2. The molecule has 0 aliphatic carbocycles. The summed E-state index contributed by atoms with van der Waals surface area (Å²) in [5.41, 5.74) is 0. The van der Waals surface area contributed by atoms with Crippen molar-refractivity contribution in [2.45, 2.75) is 287 Å². The molecule has 0 spiro atoms. The van der Waals surface area contributed by atoms with Crippen LogP contribution in [0.1, 0.15) is 232 Å². The smallest absolute Gasteiger partial charge is 0.249 e. The van der Waals surface area contributed by atoms with E-state index in [-0.39, 0.29) is 6.42 Å². The van der Waals surface area contributed by atoms with Gasteiger partial charge in [-0.25, -0.2) is 0 Å². The Labute approximate surface area is 372 Å². The molecule has 0 bridgehead atoms. The number of hydrogen-bond acceptors (Lipinski definition) is 10. The Hall–Kier alpha value is -1.15. The molecule has 11 heteroatoms. The highest BCUT2D eigenvalue weighted by atomic mass is 16.7. The lowest BCUT2D eigenvalue weighted by atomic mass is 9.98. The molecule has 0 aromatic rings. The first-order valence-corrected chi connectivity index (χ1v) is 25.6. The van der Waals surface area contributed by atoms with Crippen LogP contribution in [-0.2, 0) is 14.3 Å². The van der Waals surface area contributed by atoms with Crippen LogP contribution in [0.2, 0.25) is 0 Å². The molecule has 0 aromatic heterocycles. The highest BCUT2D eigenvalue weighted by molar-refractivity contribution is 5.80. The van der Waals surface area contributed by atoms with Gasteiger partial charge in [0, 0.05) is 0 Å². The van der Waals surface area contributed by atoms with E-state index in [1.54, 1.807) is 0 Å². The van der Waals surface area contributed by atoms with Crippen molar-refractivity contribution in [1.82, 2.24) is 5.32 Å². The van der Waals surface area contributed by atoms with Crippen LogP contribution in [0.25, 0.3) is 0 Å². The van der Waals surface area contributed by atoms with Gasteiger partial charge in [0.15, 0.2) is 6.29 Å². The second-order valence-corrected chi connectivity index (χ2v) is 18.2. The van der Waals surface area contributed by atoms with E-state index in [1.165, 1.54) is 135 Å². The molecule has 0 radical (unpaired) electrons. The summed E-state index contributed by atoms with van der Waals surface area (Å²) in [6, 6.07) is -1.17.